The lowest BCUT2D eigenvalue weighted by atomic mass is 9.93. The van der Waals surface area contributed by atoms with Crippen LogP contribution in [-0.2, 0) is 19.1 Å². The number of carbonyl (C=O) groups is 2. The second-order valence-electron chi connectivity index (χ2n) is 7.77. The number of methoxy groups -OCH3 is 1. The minimum Gasteiger partial charge on any atom is -0.466 e. The molecule has 3 aliphatic heterocycles. The summed E-state index contributed by atoms with van der Waals surface area (Å²) in [7, 11) is 1.32. The molecule has 1 aromatic rings. The Kier molecular flexibility index (Phi) is 6.95. The third-order valence-electron chi connectivity index (χ3n) is 5.69. The average molecular weight is 460 g/mol. The highest BCUT2D eigenvalue weighted by molar-refractivity contribution is 8.16. The van der Waals surface area contributed by atoms with Crippen LogP contribution in [0, 0.1) is 5.82 Å². The molecule has 32 heavy (non-hydrogen) atoms. The summed E-state index contributed by atoms with van der Waals surface area (Å²) in [5.41, 5.74) is 2.25. The smallest absolute Gasteiger partial charge is 0.338 e. The number of carbonyl (C=O) groups excluding carboxylic acids is 2. The maximum atomic E-state index is 14.1. The zero-order chi connectivity index (χ0) is 22.7. The summed E-state index contributed by atoms with van der Waals surface area (Å²) in [6, 6.07) is 5.51. The minimum absolute atomic E-state index is 0.0546. The van der Waals surface area contributed by atoms with Gasteiger partial charge in [-0.3, -0.25) is 4.79 Å². The standard InChI is InChI=1S/C23H26FN3O4S/c1-3-18-20(22(29)30-2)21(14-6-4-7-15(24)10-14)27-16(13-32-23(27)26-18)11-19(28)25-12-17-8-5-9-31-17/h4,6-7,10,13,17,21H,3,5,8-9,11-12H2,1-2H3,(H,25,28)/t17-,21+/m0/s1. The molecular weight excluding hydrogens is 433 g/mol. The van der Waals surface area contributed by atoms with Crippen molar-refractivity contribution in [3.05, 3.63) is 58.0 Å². The maximum Gasteiger partial charge on any atom is 0.338 e. The van der Waals surface area contributed by atoms with Gasteiger partial charge in [0.15, 0.2) is 5.17 Å². The summed E-state index contributed by atoms with van der Waals surface area (Å²) < 4.78 is 24.8. The van der Waals surface area contributed by atoms with Gasteiger partial charge in [-0.15, -0.1) is 0 Å². The monoisotopic (exact) mass is 459 g/mol. The van der Waals surface area contributed by atoms with Crippen molar-refractivity contribution in [1.29, 1.82) is 0 Å². The van der Waals surface area contributed by atoms with Gasteiger partial charge in [0.2, 0.25) is 5.91 Å². The zero-order valence-electron chi connectivity index (χ0n) is 18.1. The van der Waals surface area contributed by atoms with E-state index in [-0.39, 0.29) is 18.4 Å². The zero-order valence-corrected chi connectivity index (χ0v) is 18.9. The van der Waals surface area contributed by atoms with Gasteiger partial charge >= 0.3 is 5.97 Å². The van der Waals surface area contributed by atoms with Gasteiger partial charge in [-0.2, -0.15) is 0 Å². The van der Waals surface area contributed by atoms with Crippen LogP contribution in [0.2, 0.25) is 0 Å². The fraction of sp³-hybridized carbons (Fsp3) is 0.435. The number of nitrogens with one attached hydrogen (secondary N) is 1. The summed E-state index contributed by atoms with van der Waals surface area (Å²) in [5, 5.41) is 5.46. The van der Waals surface area contributed by atoms with E-state index in [1.165, 1.54) is 31.0 Å². The number of aliphatic imine (C=N–C) groups is 1. The minimum atomic E-state index is -0.632. The Morgan fingerprint density at radius 3 is 2.94 bits per heavy atom. The SMILES string of the molecule is CCC1=C(C(=O)OC)[C@@H](c2cccc(F)c2)N2C(CC(=O)NC[C@@H]3CCCO3)=CSC2=N1. The summed E-state index contributed by atoms with van der Waals surface area (Å²) in [6.07, 6.45) is 2.63. The number of allylic oxidation sites excluding steroid dienone is 1. The maximum absolute atomic E-state index is 14.1. The van der Waals surface area contributed by atoms with Crippen LogP contribution in [0.15, 0.2) is 51.6 Å². The highest BCUT2D eigenvalue weighted by atomic mass is 32.2. The first-order valence-corrected chi connectivity index (χ1v) is 11.6. The molecule has 9 heteroatoms. The number of amidine groups is 1. The Balaban J connectivity index is 1.63. The van der Waals surface area contributed by atoms with E-state index in [0.29, 0.717) is 40.7 Å². The second kappa shape index (κ2) is 9.87. The molecule has 0 bridgehead atoms. The van der Waals surface area contributed by atoms with Crippen LogP contribution in [0.25, 0.3) is 0 Å². The molecule has 1 N–H and O–H groups in total. The van der Waals surface area contributed by atoms with Gasteiger partial charge in [-0.1, -0.05) is 30.8 Å². The number of halogens is 1. The predicted molar refractivity (Wildman–Crippen MR) is 120 cm³/mol. The molecule has 4 rings (SSSR count). The molecule has 2 atom stereocenters. The molecule has 3 aliphatic rings. The third-order valence-corrected chi connectivity index (χ3v) is 6.57. The lowest BCUT2D eigenvalue weighted by Gasteiger charge is -2.36. The van der Waals surface area contributed by atoms with E-state index in [4.69, 9.17) is 9.47 Å². The van der Waals surface area contributed by atoms with Crippen molar-refractivity contribution in [2.75, 3.05) is 20.3 Å². The van der Waals surface area contributed by atoms with Crippen LogP contribution in [0.5, 0.6) is 0 Å². The number of hydrogen-bond acceptors (Lipinski definition) is 7. The lowest BCUT2D eigenvalue weighted by molar-refractivity contribution is -0.136. The molecule has 0 radical (unpaired) electrons. The van der Waals surface area contributed by atoms with E-state index >= 15 is 0 Å². The van der Waals surface area contributed by atoms with Gasteiger partial charge in [-0.05, 0) is 42.4 Å². The van der Waals surface area contributed by atoms with E-state index in [0.717, 1.165) is 19.4 Å². The Labute approximate surface area is 190 Å². The van der Waals surface area contributed by atoms with E-state index in [2.05, 4.69) is 10.3 Å². The molecule has 0 spiro atoms. The van der Waals surface area contributed by atoms with E-state index in [9.17, 15) is 14.0 Å². The van der Waals surface area contributed by atoms with Gasteiger partial charge in [0.05, 0.1) is 36.9 Å². The van der Waals surface area contributed by atoms with Crippen LogP contribution in [0.1, 0.15) is 44.2 Å². The van der Waals surface area contributed by atoms with Crippen molar-refractivity contribution in [3.8, 4) is 0 Å². The summed E-state index contributed by atoms with van der Waals surface area (Å²) >= 11 is 1.39. The number of hydrogen-bond donors (Lipinski definition) is 1. The fourth-order valence-corrected chi connectivity index (χ4v) is 5.10. The molecule has 170 valence electrons. The van der Waals surface area contributed by atoms with E-state index < -0.39 is 17.8 Å². The summed E-state index contributed by atoms with van der Waals surface area (Å²) in [4.78, 5) is 32.0. The summed E-state index contributed by atoms with van der Waals surface area (Å²) in [6.45, 7) is 3.11. The van der Waals surface area contributed by atoms with Crippen LogP contribution in [0.4, 0.5) is 4.39 Å². The fourth-order valence-electron chi connectivity index (χ4n) is 4.16. The number of ether oxygens (including phenoxy) is 2. The van der Waals surface area contributed by atoms with Gasteiger partial charge in [0.25, 0.3) is 0 Å². The van der Waals surface area contributed by atoms with Gasteiger partial charge in [0.1, 0.15) is 5.82 Å². The number of nitrogens with zero attached hydrogens (tertiary/aromatic N) is 2. The van der Waals surface area contributed by atoms with Crippen molar-refractivity contribution in [3.63, 3.8) is 0 Å². The Morgan fingerprint density at radius 2 is 2.25 bits per heavy atom. The first-order chi connectivity index (χ1) is 15.5. The van der Waals surface area contributed by atoms with Crippen LogP contribution >= 0.6 is 11.8 Å². The molecule has 0 aromatic heterocycles. The topological polar surface area (TPSA) is 80.2 Å². The lowest BCUT2D eigenvalue weighted by Crippen LogP contribution is -2.39. The Morgan fingerprint density at radius 1 is 1.41 bits per heavy atom. The number of amides is 1. The molecule has 7 nitrogen and oxygen atoms in total. The molecule has 0 aliphatic carbocycles. The number of thioether (sulfide) groups is 1. The number of esters is 1. The van der Waals surface area contributed by atoms with Crippen LogP contribution in [0.3, 0.4) is 0 Å². The number of fused-ring (bicyclic) bond motifs is 1. The van der Waals surface area contributed by atoms with Crippen molar-refractivity contribution in [2.24, 2.45) is 4.99 Å². The summed E-state index contributed by atoms with van der Waals surface area (Å²) in [5.74, 6) is -1.06. The third kappa shape index (κ3) is 4.59. The predicted octanol–water partition coefficient (Wildman–Crippen LogP) is 3.65. The number of rotatable bonds is 7. The molecule has 3 heterocycles. The second-order valence-corrected chi connectivity index (χ2v) is 8.61. The highest BCUT2D eigenvalue weighted by Crippen LogP contribution is 2.45. The van der Waals surface area contributed by atoms with Gasteiger partial charge < -0.3 is 19.7 Å². The highest BCUT2D eigenvalue weighted by Gasteiger charge is 2.41. The molecule has 0 unspecified atom stereocenters. The van der Waals surface area contributed by atoms with Crippen molar-refractivity contribution >= 4 is 28.8 Å². The Hall–Kier alpha value is -2.65. The molecule has 1 saturated heterocycles. The van der Waals surface area contributed by atoms with Crippen molar-refractivity contribution in [2.45, 2.75) is 44.8 Å². The molecule has 1 fully saturated rings. The normalized spacial score (nSPS) is 22.4. The molecule has 1 amide bonds. The number of benzene rings is 1. The Bertz CT molecular complexity index is 1000. The quantitative estimate of drug-likeness (QED) is 0.627. The van der Waals surface area contributed by atoms with E-state index in [1.54, 1.807) is 12.1 Å². The van der Waals surface area contributed by atoms with Gasteiger partial charge in [-0.25, -0.2) is 14.2 Å². The average Bonchev–Trinajstić information content (AvgIpc) is 3.46. The van der Waals surface area contributed by atoms with E-state index in [1.807, 2.05) is 17.2 Å². The van der Waals surface area contributed by atoms with Crippen LogP contribution in [-0.4, -0.2) is 48.3 Å². The van der Waals surface area contributed by atoms with Gasteiger partial charge in [0, 0.05) is 18.8 Å². The first kappa shape index (κ1) is 22.5. The molecular formula is C23H26FN3O4S. The first-order valence-electron chi connectivity index (χ1n) is 10.7. The van der Waals surface area contributed by atoms with Crippen molar-refractivity contribution < 1.29 is 23.5 Å². The molecule has 0 saturated carbocycles. The molecule has 1 aromatic carbocycles. The van der Waals surface area contributed by atoms with Crippen molar-refractivity contribution in [1.82, 2.24) is 10.2 Å². The largest absolute Gasteiger partial charge is 0.466 e. The van der Waals surface area contributed by atoms with Crippen LogP contribution < -0.4 is 5.32 Å².